The van der Waals surface area contributed by atoms with Gasteiger partial charge in [0.05, 0.1) is 26.4 Å². The molecule has 0 spiro atoms. The van der Waals surface area contributed by atoms with E-state index in [-0.39, 0.29) is 6.10 Å². The smallest absolute Gasteiger partial charge is 0.128 e. The van der Waals surface area contributed by atoms with Gasteiger partial charge in [-0.3, -0.25) is 0 Å². The molecule has 3 rings (SSSR count). The molecule has 1 aromatic rings. The summed E-state index contributed by atoms with van der Waals surface area (Å²) in [5, 5.41) is 10.4. The van der Waals surface area contributed by atoms with E-state index < -0.39 is 6.10 Å². The summed E-state index contributed by atoms with van der Waals surface area (Å²) in [6.07, 6.45) is 1.07. The predicted molar refractivity (Wildman–Crippen MR) is 65.8 cm³/mol. The van der Waals surface area contributed by atoms with Crippen molar-refractivity contribution < 1.29 is 19.3 Å². The van der Waals surface area contributed by atoms with Crippen molar-refractivity contribution in [3.8, 4) is 5.75 Å². The second-order valence-corrected chi connectivity index (χ2v) is 4.72. The minimum Gasteiger partial charge on any atom is -0.493 e. The van der Waals surface area contributed by atoms with Gasteiger partial charge in [-0.1, -0.05) is 18.2 Å². The fourth-order valence-corrected chi connectivity index (χ4v) is 2.54. The van der Waals surface area contributed by atoms with Crippen LogP contribution in [-0.2, 0) is 15.9 Å². The molecule has 2 aliphatic heterocycles. The van der Waals surface area contributed by atoms with Gasteiger partial charge in [0.25, 0.3) is 0 Å². The van der Waals surface area contributed by atoms with E-state index >= 15 is 0 Å². The lowest BCUT2D eigenvalue weighted by Gasteiger charge is -2.29. The molecule has 98 valence electrons. The Bertz CT molecular complexity index is 412. The normalized spacial score (nSPS) is 25.1. The molecule has 2 aliphatic rings. The minimum absolute atomic E-state index is 0.296. The second-order valence-electron chi connectivity index (χ2n) is 4.72. The Morgan fingerprint density at radius 1 is 1.22 bits per heavy atom. The van der Waals surface area contributed by atoms with Gasteiger partial charge in [-0.25, -0.2) is 0 Å². The molecule has 1 saturated heterocycles. The summed E-state index contributed by atoms with van der Waals surface area (Å²) in [5.41, 5.74) is 2.00. The number of hydrogen-bond donors (Lipinski definition) is 1. The van der Waals surface area contributed by atoms with Gasteiger partial charge in [0.15, 0.2) is 0 Å². The third kappa shape index (κ3) is 2.23. The Kier molecular flexibility index (Phi) is 3.50. The zero-order chi connectivity index (χ0) is 12.4. The van der Waals surface area contributed by atoms with Crippen LogP contribution in [0.15, 0.2) is 18.2 Å². The summed E-state index contributed by atoms with van der Waals surface area (Å²) in [7, 11) is 0. The monoisotopic (exact) mass is 250 g/mol. The standard InChI is InChI=1S/C14H18O4/c15-13(12-9-16-7-8-17-12)11-5-1-3-10-4-2-6-18-14(10)11/h1,3,5,12-13,15H,2,4,6-9H2. The molecular formula is C14H18O4. The number of benzene rings is 1. The summed E-state index contributed by atoms with van der Waals surface area (Å²) in [5.74, 6) is 0.838. The second kappa shape index (κ2) is 5.26. The van der Waals surface area contributed by atoms with Gasteiger partial charge < -0.3 is 19.3 Å². The number of para-hydroxylation sites is 1. The lowest BCUT2D eigenvalue weighted by atomic mass is 9.97. The maximum absolute atomic E-state index is 10.4. The first kappa shape index (κ1) is 12.0. The van der Waals surface area contributed by atoms with Gasteiger partial charge in [0, 0.05) is 5.56 Å². The van der Waals surface area contributed by atoms with Crippen molar-refractivity contribution in [1.29, 1.82) is 0 Å². The number of rotatable bonds is 2. The first-order valence-corrected chi connectivity index (χ1v) is 6.48. The molecule has 0 amide bonds. The van der Waals surface area contributed by atoms with E-state index in [1.165, 1.54) is 5.56 Å². The Labute approximate surface area is 106 Å². The molecule has 2 unspecified atom stereocenters. The third-order valence-corrected chi connectivity index (χ3v) is 3.48. The molecular weight excluding hydrogens is 232 g/mol. The Hall–Kier alpha value is -1.10. The molecule has 2 heterocycles. The van der Waals surface area contributed by atoms with Crippen LogP contribution in [-0.4, -0.2) is 37.6 Å². The quantitative estimate of drug-likeness (QED) is 0.863. The van der Waals surface area contributed by atoms with Gasteiger partial charge >= 0.3 is 0 Å². The van der Waals surface area contributed by atoms with Crippen LogP contribution in [0.4, 0.5) is 0 Å². The maximum Gasteiger partial charge on any atom is 0.128 e. The first-order chi connectivity index (χ1) is 8.86. The maximum atomic E-state index is 10.4. The van der Waals surface area contributed by atoms with E-state index in [0.717, 1.165) is 30.8 Å². The molecule has 4 heteroatoms. The van der Waals surface area contributed by atoms with Crippen molar-refractivity contribution in [3.05, 3.63) is 29.3 Å². The van der Waals surface area contributed by atoms with Crippen LogP contribution in [0, 0.1) is 0 Å². The van der Waals surface area contributed by atoms with Crippen molar-refractivity contribution >= 4 is 0 Å². The molecule has 1 N–H and O–H groups in total. The zero-order valence-electron chi connectivity index (χ0n) is 10.3. The Balaban J connectivity index is 1.86. The van der Waals surface area contributed by atoms with E-state index in [0.29, 0.717) is 19.8 Å². The van der Waals surface area contributed by atoms with Crippen molar-refractivity contribution in [1.82, 2.24) is 0 Å². The van der Waals surface area contributed by atoms with Gasteiger partial charge in [0.2, 0.25) is 0 Å². The van der Waals surface area contributed by atoms with Crippen LogP contribution in [0.2, 0.25) is 0 Å². The van der Waals surface area contributed by atoms with Crippen LogP contribution < -0.4 is 4.74 Å². The van der Waals surface area contributed by atoms with Crippen LogP contribution in [0.3, 0.4) is 0 Å². The van der Waals surface area contributed by atoms with Crippen molar-refractivity contribution in [2.24, 2.45) is 0 Å². The van der Waals surface area contributed by atoms with E-state index in [9.17, 15) is 5.11 Å². The SMILES string of the molecule is OC(c1cccc2c1OCCC2)C1COCCO1. The number of aliphatic hydroxyl groups is 1. The van der Waals surface area contributed by atoms with E-state index in [4.69, 9.17) is 14.2 Å². The largest absolute Gasteiger partial charge is 0.493 e. The van der Waals surface area contributed by atoms with Gasteiger partial charge in [-0.15, -0.1) is 0 Å². The number of ether oxygens (including phenoxy) is 3. The molecule has 0 radical (unpaired) electrons. The topological polar surface area (TPSA) is 47.9 Å². The highest BCUT2D eigenvalue weighted by molar-refractivity contribution is 5.44. The number of aryl methyl sites for hydroxylation is 1. The van der Waals surface area contributed by atoms with E-state index in [2.05, 4.69) is 6.07 Å². The van der Waals surface area contributed by atoms with Crippen LogP contribution in [0.1, 0.15) is 23.7 Å². The summed E-state index contributed by atoms with van der Waals surface area (Å²) in [6, 6.07) is 5.94. The molecule has 18 heavy (non-hydrogen) atoms. The first-order valence-electron chi connectivity index (χ1n) is 6.48. The molecule has 0 aromatic heterocycles. The average molecular weight is 250 g/mol. The lowest BCUT2D eigenvalue weighted by molar-refractivity contribution is -0.133. The molecule has 0 aliphatic carbocycles. The predicted octanol–water partition coefficient (Wildman–Crippen LogP) is 1.46. The van der Waals surface area contributed by atoms with Gasteiger partial charge in [-0.2, -0.15) is 0 Å². The van der Waals surface area contributed by atoms with Crippen molar-refractivity contribution in [2.45, 2.75) is 25.0 Å². The van der Waals surface area contributed by atoms with Crippen LogP contribution in [0.5, 0.6) is 5.75 Å². The zero-order valence-corrected chi connectivity index (χ0v) is 10.3. The average Bonchev–Trinajstić information content (AvgIpc) is 2.47. The Morgan fingerprint density at radius 3 is 3.00 bits per heavy atom. The molecule has 1 fully saturated rings. The lowest BCUT2D eigenvalue weighted by Crippen LogP contribution is -2.34. The highest BCUT2D eigenvalue weighted by Gasteiger charge is 2.28. The number of hydrogen-bond acceptors (Lipinski definition) is 4. The summed E-state index contributed by atoms with van der Waals surface area (Å²) in [6.45, 7) is 2.30. The van der Waals surface area contributed by atoms with Crippen molar-refractivity contribution in [3.63, 3.8) is 0 Å². The third-order valence-electron chi connectivity index (χ3n) is 3.48. The van der Waals surface area contributed by atoms with E-state index in [1.54, 1.807) is 0 Å². The molecule has 2 atom stereocenters. The van der Waals surface area contributed by atoms with Gasteiger partial charge in [0.1, 0.15) is 18.0 Å². The molecule has 0 saturated carbocycles. The highest BCUT2D eigenvalue weighted by Crippen LogP contribution is 2.35. The highest BCUT2D eigenvalue weighted by atomic mass is 16.6. The fourth-order valence-electron chi connectivity index (χ4n) is 2.54. The molecule has 4 nitrogen and oxygen atoms in total. The number of fused-ring (bicyclic) bond motifs is 1. The van der Waals surface area contributed by atoms with Gasteiger partial charge in [-0.05, 0) is 18.4 Å². The Morgan fingerprint density at radius 2 is 2.17 bits per heavy atom. The van der Waals surface area contributed by atoms with Crippen LogP contribution in [0.25, 0.3) is 0 Å². The summed E-state index contributed by atoms with van der Waals surface area (Å²) < 4.78 is 16.6. The fraction of sp³-hybridized carbons (Fsp3) is 0.571. The minimum atomic E-state index is -0.682. The van der Waals surface area contributed by atoms with Crippen molar-refractivity contribution in [2.75, 3.05) is 26.4 Å². The molecule has 0 bridgehead atoms. The summed E-state index contributed by atoms with van der Waals surface area (Å²) in [4.78, 5) is 0. The summed E-state index contributed by atoms with van der Waals surface area (Å²) >= 11 is 0. The number of aliphatic hydroxyl groups excluding tert-OH is 1. The molecule has 1 aromatic carbocycles. The van der Waals surface area contributed by atoms with E-state index in [1.807, 2.05) is 12.1 Å². The van der Waals surface area contributed by atoms with Crippen LogP contribution >= 0.6 is 0 Å².